The molecule has 0 aromatic heterocycles. The SMILES string of the molecule is N#Cc1ccc(OC2CC(c3cccc(F)c3)CC2N2CCC[C@@H](NC(=O)O)C2)c(Cl)c1. The number of benzene rings is 2. The van der Waals surface area contributed by atoms with E-state index in [2.05, 4.69) is 16.3 Å². The fourth-order valence-corrected chi connectivity index (χ4v) is 5.17. The number of piperidine rings is 1. The summed E-state index contributed by atoms with van der Waals surface area (Å²) in [6, 6.07) is 13.6. The van der Waals surface area contributed by atoms with Crippen LogP contribution in [0.3, 0.4) is 0 Å². The zero-order valence-electron chi connectivity index (χ0n) is 17.5. The number of carbonyl (C=O) groups is 1. The number of nitrogens with zero attached hydrogens (tertiary/aromatic N) is 2. The minimum atomic E-state index is -1.02. The maximum Gasteiger partial charge on any atom is 0.404 e. The van der Waals surface area contributed by atoms with E-state index in [9.17, 15) is 9.18 Å². The fraction of sp³-hybridized carbons (Fsp3) is 0.417. The van der Waals surface area contributed by atoms with Crippen molar-refractivity contribution in [2.24, 2.45) is 0 Å². The van der Waals surface area contributed by atoms with Crippen molar-refractivity contribution < 1.29 is 19.0 Å². The van der Waals surface area contributed by atoms with E-state index < -0.39 is 6.09 Å². The molecular weight excluding hydrogens is 433 g/mol. The molecule has 3 unspecified atom stereocenters. The summed E-state index contributed by atoms with van der Waals surface area (Å²) in [5.41, 5.74) is 1.39. The Labute approximate surface area is 191 Å². The highest BCUT2D eigenvalue weighted by Crippen LogP contribution is 2.41. The lowest BCUT2D eigenvalue weighted by Gasteiger charge is -2.39. The molecule has 1 aliphatic carbocycles. The van der Waals surface area contributed by atoms with Gasteiger partial charge < -0.3 is 15.2 Å². The smallest absolute Gasteiger partial charge is 0.404 e. The van der Waals surface area contributed by atoms with Crippen LogP contribution in [-0.4, -0.2) is 47.4 Å². The molecule has 1 amide bonds. The predicted molar refractivity (Wildman–Crippen MR) is 119 cm³/mol. The summed E-state index contributed by atoms with van der Waals surface area (Å²) < 4.78 is 20.2. The second-order valence-corrected chi connectivity index (χ2v) is 8.89. The molecule has 0 radical (unpaired) electrons. The second-order valence-electron chi connectivity index (χ2n) is 8.49. The number of nitriles is 1. The molecule has 168 valence electrons. The van der Waals surface area contributed by atoms with Crippen molar-refractivity contribution in [1.82, 2.24) is 10.2 Å². The average molecular weight is 458 g/mol. The lowest BCUT2D eigenvalue weighted by Crippen LogP contribution is -2.53. The van der Waals surface area contributed by atoms with Gasteiger partial charge in [0.05, 0.1) is 16.7 Å². The van der Waals surface area contributed by atoms with Gasteiger partial charge in [-0.3, -0.25) is 4.90 Å². The topological polar surface area (TPSA) is 85.6 Å². The van der Waals surface area contributed by atoms with Crippen LogP contribution in [0.4, 0.5) is 9.18 Å². The molecule has 4 rings (SSSR count). The van der Waals surface area contributed by atoms with E-state index in [0.29, 0.717) is 29.3 Å². The van der Waals surface area contributed by atoms with E-state index in [-0.39, 0.29) is 29.9 Å². The fourth-order valence-electron chi connectivity index (χ4n) is 4.95. The minimum absolute atomic E-state index is 0.0355. The van der Waals surface area contributed by atoms with E-state index in [1.165, 1.54) is 6.07 Å². The number of amides is 1. The van der Waals surface area contributed by atoms with E-state index >= 15 is 0 Å². The van der Waals surface area contributed by atoms with Gasteiger partial charge in [-0.2, -0.15) is 5.26 Å². The molecule has 0 bridgehead atoms. The van der Waals surface area contributed by atoms with Crippen molar-refractivity contribution in [3.05, 3.63) is 64.4 Å². The van der Waals surface area contributed by atoms with Gasteiger partial charge in [-0.25, -0.2) is 9.18 Å². The molecule has 1 saturated heterocycles. The Hall–Kier alpha value is -2.82. The molecule has 1 saturated carbocycles. The van der Waals surface area contributed by atoms with Crippen LogP contribution in [0.15, 0.2) is 42.5 Å². The molecule has 6 nitrogen and oxygen atoms in total. The third kappa shape index (κ3) is 5.14. The predicted octanol–water partition coefficient (Wildman–Crippen LogP) is 4.78. The number of halogens is 2. The number of ether oxygens (including phenoxy) is 1. The zero-order chi connectivity index (χ0) is 22.7. The van der Waals surface area contributed by atoms with Crippen LogP contribution in [0.2, 0.25) is 5.02 Å². The maximum atomic E-state index is 13.9. The maximum absolute atomic E-state index is 13.9. The normalized spacial score (nSPS) is 25.8. The van der Waals surface area contributed by atoms with Crippen LogP contribution in [0, 0.1) is 17.1 Å². The summed E-state index contributed by atoms with van der Waals surface area (Å²) >= 11 is 6.36. The van der Waals surface area contributed by atoms with Crippen molar-refractivity contribution in [3.8, 4) is 11.8 Å². The van der Waals surface area contributed by atoms with Crippen molar-refractivity contribution in [2.75, 3.05) is 13.1 Å². The third-order valence-electron chi connectivity index (χ3n) is 6.38. The monoisotopic (exact) mass is 457 g/mol. The molecule has 2 aliphatic rings. The van der Waals surface area contributed by atoms with Crippen LogP contribution < -0.4 is 10.1 Å². The first-order chi connectivity index (χ1) is 15.4. The summed E-state index contributed by atoms with van der Waals surface area (Å²) in [6.45, 7) is 1.45. The summed E-state index contributed by atoms with van der Waals surface area (Å²) in [6.07, 6.45) is 1.95. The quantitative estimate of drug-likeness (QED) is 0.675. The van der Waals surface area contributed by atoms with Crippen molar-refractivity contribution >= 4 is 17.7 Å². The van der Waals surface area contributed by atoms with E-state index in [1.807, 2.05) is 6.07 Å². The van der Waals surface area contributed by atoms with Gasteiger partial charge in [-0.05, 0) is 74.0 Å². The van der Waals surface area contributed by atoms with E-state index in [4.69, 9.17) is 26.7 Å². The molecule has 2 fully saturated rings. The number of hydrogen-bond acceptors (Lipinski definition) is 4. The Balaban J connectivity index is 1.57. The molecule has 2 aromatic rings. The Morgan fingerprint density at radius 3 is 2.84 bits per heavy atom. The van der Waals surface area contributed by atoms with Crippen molar-refractivity contribution in [3.63, 3.8) is 0 Å². The lowest BCUT2D eigenvalue weighted by molar-refractivity contribution is 0.0630. The molecule has 2 aromatic carbocycles. The van der Waals surface area contributed by atoms with Gasteiger partial charge in [-0.15, -0.1) is 0 Å². The van der Waals surface area contributed by atoms with Crippen LogP contribution >= 0.6 is 11.6 Å². The molecule has 32 heavy (non-hydrogen) atoms. The van der Waals surface area contributed by atoms with Gasteiger partial charge in [0.15, 0.2) is 0 Å². The number of nitrogens with one attached hydrogen (secondary N) is 1. The van der Waals surface area contributed by atoms with Gasteiger partial charge in [-0.1, -0.05) is 23.7 Å². The first-order valence-corrected chi connectivity index (χ1v) is 11.2. The van der Waals surface area contributed by atoms with Gasteiger partial charge in [0.1, 0.15) is 17.7 Å². The van der Waals surface area contributed by atoms with E-state index in [0.717, 1.165) is 31.4 Å². The van der Waals surface area contributed by atoms with Gasteiger partial charge >= 0.3 is 6.09 Å². The third-order valence-corrected chi connectivity index (χ3v) is 6.68. The number of likely N-dealkylation sites (tertiary alicyclic amines) is 1. The van der Waals surface area contributed by atoms with Crippen LogP contribution in [0.1, 0.15) is 42.7 Å². The minimum Gasteiger partial charge on any atom is -0.487 e. The van der Waals surface area contributed by atoms with E-state index in [1.54, 1.807) is 30.3 Å². The van der Waals surface area contributed by atoms with Gasteiger partial charge in [0, 0.05) is 18.6 Å². The van der Waals surface area contributed by atoms with Crippen molar-refractivity contribution in [1.29, 1.82) is 5.26 Å². The zero-order valence-corrected chi connectivity index (χ0v) is 18.3. The number of carboxylic acid groups (broad SMARTS) is 1. The summed E-state index contributed by atoms with van der Waals surface area (Å²) in [7, 11) is 0. The summed E-state index contributed by atoms with van der Waals surface area (Å²) in [5, 5.41) is 21.2. The Kier molecular flexibility index (Phi) is 6.83. The molecule has 1 aliphatic heterocycles. The highest BCUT2D eigenvalue weighted by Gasteiger charge is 2.41. The standard InChI is InChI=1S/C24H25ClFN3O3/c25-20-9-15(13-27)6-7-22(20)32-23-12-17(16-3-1-4-18(26)10-16)11-21(23)29-8-2-5-19(14-29)28-24(30)31/h1,3-4,6-7,9-10,17,19,21,23,28H,2,5,8,11-12,14H2,(H,30,31)/t17?,19-,21?,23?/m1/s1. The molecule has 1 heterocycles. The Morgan fingerprint density at radius 2 is 2.12 bits per heavy atom. The molecule has 2 N–H and O–H groups in total. The van der Waals surface area contributed by atoms with Gasteiger partial charge in [0.25, 0.3) is 0 Å². The summed E-state index contributed by atoms with van der Waals surface area (Å²) in [4.78, 5) is 13.4. The lowest BCUT2D eigenvalue weighted by atomic mass is 9.96. The highest BCUT2D eigenvalue weighted by molar-refractivity contribution is 6.32. The largest absolute Gasteiger partial charge is 0.487 e. The number of hydrogen-bond donors (Lipinski definition) is 2. The average Bonchev–Trinajstić information content (AvgIpc) is 3.19. The Morgan fingerprint density at radius 1 is 1.28 bits per heavy atom. The van der Waals surface area contributed by atoms with Crippen molar-refractivity contribution in [2.45, 2.75) is 49.8 Å². The molecule has 0 spiro atoms. The molecular formula is C24H25ClFN3O3. The van der Waals surface area contributed by atoms with Gasteiger partial charge in [0.2, 0.25) is 0 Å². The number of rotatable bonds is 5. The summed E-state index contributed by atoms with van der Waals surface area (Å²) in [5.74, 6) is 0.366. The second kappa shape index (κ2) is 9.76. The highest BCUT2D eigenvalue weighted by atomic mass is 35.5. The molecule has 8 heteroatoms. The molecule has 4 atom stereocenters. The van der Waals surface area contributed by atoms with Crippen LogP contribution in [-0.2, 0) is 0 Å². The first kappa shape index (κ1) is 22.4. The first-order valence-electron chi connectivity index (χ1n) is 10.8. The Bertz CT molecular complexity index is 1030. The van der Waals surface area contributed by atoms with Crippen LogP contribution in [0.5, 0.6) is 5.75 Å². The van der Waals surface area contributed by atoms with Crippen LogP contribution in [0.25, 0.3) is 0 Å².